The van der Waals surface area contributed by atoms with E-state index in [2.05, 4.69) is 61.1 Å². The van der Waals surface area contributed by atoms with Crippen LogP contribution in [0.4, 0.5) is 0 Å². The zero-order valence-electron chi connectivity index (χ0n) is 12.2. The van der Waals surface area contributed by atoms with Gasteiger partial charge in [0.25, 0.3) is 0 Å². The SMILES string of the molecule is CC(C)[N](C(C)C)[Bi]([NH2])[N](C(C)C)C(C)C. The molecule has 0 aromatic heterocycles. The normalized spacial score (nSPS) is 13.5. The van der Waals surface area contributed by atoms with E-state index in [0.29, 0.717) is 24.2 Å². The predicted octanol–water partition coefficient (Wildman–Crippen LogP) is 2.17. The van der Waals surface area contributed by atoms with Crippen molar-refractivity contribution in [2.24, 2.45) is 3.68 Å². The Morgan fingerprint density at radius 2 is 0.812 bits per heavy atom. The molecule has 3 nitrogen and oxygen atoms in total. The fourth-order valence-corrected chi connectivity index (χ4v) is 10.5. The van der Waals surface area contributed by atoms with Gasteiger partial charge in [0.05, 0.1) is 0 Å². The predicted molar refractivity (Wildman–Crippen MR) is 74.2 cm³/mol. The monoisotopic (exact) mass is 425 g/mol. The Hall–Kier alpha value is 0.763. The summed E-state index contributed by atoms with van der Waals surface area (Å²) in [6.45, 7) is 18.1. The van der Waals surface area contributed by atoms with Crippen LogP contribution in [0, 0.1) is 0 Å². The Morgan fingerprint density at radius 1 is 0.625 bits per heavy atom. The molecule has 0 aromatic carbocycles. The average Bonchev–Trinajstić information content (AvgIpc) is 1.99. The number of nitrogens with zero attached hydrogens (tertiary/aromatic N) is 2. The van der Waals surface area contributed by atoms with Crippen molar-refractivity contribution in [2.45, 2.75) is 79.6 Å². The average molecular weight is 425 g/mol. The first-order valence-corrected chi connectivity index (χ1v) is 11.4. The number of nitrogens with two attached hydrogens (primary N) is 1. The number of rotatable bonds is 6. The van der Waals surface area contributed by atoms with E-state index in [0.717, 1.165) is 0 Å². The van der Waals surface area contributed by atoms with Crippen LogP contribution >= 0.6 is 0 Å². The number of hydrogen-bond donors (Lipinski definition) is 1. The van der Waals surface area contributed by atoms with Crippen molar-refractivity contribution < 1.29 is 0 Å². The molecule has 16 heavy (non-hydrogen) atoms. The van der Waals surface area contributed by atoms with Crippen LogP contribution < -0.4 is 3.68 Å². The molecule has 0 aliphatic heterocycles. The topological polar surface area (TPSA) is 32.5 Å². The molecule has 98 valence electrons. The maximum atomic E-state index is 6.62. The maximum absolute atomic E-state index is 6.62. The fraction of sp³-hybridized carbons (Fsp3) is 1.00. The van der Waals surface area contributed by atoms with Crippen molar-refractivity contribution >= 4 is 22.6 Å². The summed E-state index contributed by atoms with van der Waals surface area (Å²) in [5, 5.41) is 0. The molecule has 0 aliphatic rings. The van der Waals surface area contributed by atoms with Crippen molar-refractivity contribution in [3.05, 3.63) is 0 Å². The van der Waals surface area contributed by atoms with Gasteiger partial charge in [-0.15, -0.1) is 0 Å². The molecule has 0 amide bonds. The van der Waals surface area contributed by atoms with Gasteiger partial charge in [-0.25, -0.2) is 0 Å². The van der Waals surface area contributed by atoms with Gasteiger partial charge in [0.1, 0.15) is 0 Å². The first-order chi connectivity index (χ1) is 7.20. The van der Waals surface area contributed by atoms with Gasteiger partial charge in [0.2, 0.25) is 0 Å². The summed E-state index contributed by atoms with van der Waals surface area (Å²) in [5.74, 6) is 0. The summed E-state index contributed by atoms with van der Waals surface area (Å²) >= 11 is -2.20. The first kappa shape index (κ1) is 16.8. The van der Waals surface area contributed by atoms with Crippen LogP contribution in [0.5, 0.6) is 0 Å². The molecule has 0 heterocycles. The minimum absolute atomic E-state index is 0.558. The van der Waals surface area contributed by atoms with Crippen LogP contribution in [-0.2, 0) is 0 Å². The standard InChI is InChI=1S/2C6H14N.Bi.H2N/c2*1-5(2)7-6(3)4;;/h2*5-6H,1-4H3;;1H2/q2*-1;+3;-1. The first-order valence-electron chi connectivity index (χ1n) is 6.31. The summed E-state index contributed by atoms with van der Waals surface area (Å²) in [4.78, 5) is 0. The molecule has 0 spiro atoms. The molecule has 0 fully saturated rings. The van der Waals surface area contributed by atoms with E-state index >= 15 is 0 Å². The van der Waals surface area contributed by atoms with Crippen LogP contribution in [0.2, 0.25) is 0 Å². The molecule has 0 bridgehead atoms. The van der Waals surface area contributed by atoms with Crippen molar-refractivity contribution in [1.82, 2.24) is 5.69 Å². The molecule has 0 aromatic rings. The van der Waals surface area contributed by atoms with Gasteiger partial charge in [0, 0.05) is 0 Å². The van der Waals surface area contributed by atoms with E-state index in [-0.39, 0.29) is 0 Å². The quantitative estimate of drug-likeness (QED) is 0.663. The Morgan fingerprint density at radius 3 is 0.938 bits per heavy atom. The summed E-state index contributed by atoms with van der Waals surface area (Å²) in [5.41, 5.74) is 0. The van der Waals surface area contributed by atoms with Gasteiger partial charge < -0.3 is 0 Å². The van der Waals surface area contributed by atoms with E-state index < -0.39 is 22.6 Å². The van der Waals surface area contributed by atoms with Crippen molar-refractivity contribution in [2.75, 3.05) is 0 Å². The van der Waals surface area contributed by atoms with E-state index in [9.17, 15) is 0 Å². The summed E-state index contributed by atoms with van der Waals surface area (Å²) in [7, 11) is 0. The zero-order chi connectivity index (χ0) is 13.0. The summed E-state index contributed by atoms with van der Waals surface area (Å²) < 4.78 is 11.8. The van der Waals surface area contributed by atoms with Crippen molar-refractivity contribution in [1.29, 1.82) is 0 Å². The van der Waals surface area contributed by atoms with E-state index in [1.807, 2.05) is 0 Å². The Kier molecular flexibility index (Phi) is 7.60. The second-order valence-electron chi connectivity index (χ2n) is 5.46. The fourth-order valence-electron chi connectivity index (χ4n) is 2.26. The number of hydrogen-bond acceptors (Lipinski definition) is 3. The molecule has 0 rings (SSSR count). The molecule has 0 unspecified atom stereocenters. The van der Waals surface area contributed by atoms with Crippen LogP contribution in [0.3, 0.4) is 0 Å². The third kappa shape index (κ3) is 4.56. The molecule has 0 saturated heterocycles. The third-order valence-electron chi connectivity index (χ3n) is 2.59. The molecule has 2 N–H and O–H groups in total. The summed E-state index contributed by atoms with van der Waals surface area (Å²) in [6, 6.07) is 2.23. The van der Waals surface area contributed by atoms with Crippen molar-refractivity contribution in [3.8, 4) is 0 Å². The molecule has 0 radical (unpaired) electrons. The summed E-state index contributed by atoms with van der Waals surface area (Å²) in [6.07, 6.45) is 0. The van der Waals surface area contributed by atoms with Crippen molar-refractivity contribution in [3.63, 3.8) is 0 Å². The van der Waals surface area contributed by atoms with Crippen LogP contribution in [-0.4, -0.2) is 52.5 Å². The van der Waals surface area contributed by atoms with Crippen LogP contribution in [0.25, 0.3) is 0 Å². The molecule has 0 atom stereocenters. The van der Waals surface area contributed by atoms with Gasteiger partial charge in [-0.3, -0.25) is 0 Å². The zero-order valence-corrected chi connectivity index (χ0v) is 15.7. The van der Waals surface area contributed by atoms with Gasteiger partial charge >= 0.3 is 112 Å². The van der Waals surface area contributed by atoms with E-state index in [1.165, 1.54) is 0 Å². The molecular weight excluding hydrogens is 395 g/mol. The molecule has 0 saturated carbocycles. The van der Waals surface area contributed by atoms with Gasteiger partial charge in [0.15, 0.2) is 0 Å². The van der Waals surface area contributed by atoms with Gasteiger partial charge in [-0.2, -0.15) is 0 Å². The Bertz CT molecular complexity index is 157. The molecule has 4 heteroatoms. The second-order valence-corrected chi connectivity index (χ2v) is 11.5. The Balaban J connectivity index is 4.88. The van der Waals surface area contributed by atoms with Gasteiger partial charge in [-0.1, -0.05) is 0 Å². The van der Waals surface area contributed by atoms with E-state index in [1.54, 1.807) is 0 Å². The second kappa shape index (κ2) is 7.25. The van der Waals surface area contributed by atoms with E-state index in [4.69, 9.17) is 3.68 Å². The third-order valence-corrected chi connectivity index (χ3v) is 13.5. The molecular formula is C12H30BiN3. The molecule has 0 aliphatic carbocycles. The Labute approximate surface area is 111 Å². The van der Waals surface area contributed by atoms with Crippen LogP contribution in [0.1, 0.15) is 55.4 Å². The minimum atomic E-state index is -2.20. The van der Waals surface area contributed by atoms with Gasteiger partial charge in [-0.05, 0) is 0 Å². The van der Waals surface area contributed by atoms with Crippen LogP contribution in [0.15, 0.2) is 0 Å².